The van der Waals surface area contributed by atoms with Gasteiger partial charge in [-0.2, -0.15) is 0 Å². The zero-order chi connectivity index (χ0) is 26.9. The van der Waals surface area contributed by atoms with Gasteiger partial charge in [-0.15, -0.1) is 11.3 Å². The first-order valence-corrected chi connectivity index (χ1v) is 13.3. The number of nitrogens with one attached hydrogen (secondary N) is 1. The van der Waals surface area contributed by atoms with Crippen LogP contribution in [0, 0.1) is 19.8 Å². The Morgan fingerprint density at radius 1 is 1.05 bits per heavy atom. The van der Waals surface area contributed by atoms with Gasteiger partial charge in [0.2, 0.25) is 0 Å². The van der Waals surface area contributed by atoms with Gasteiger partial charge in [-0.25, -0.2) is 4.79 Å². The summed E-state index contributed by atoms with van der Waals surface area (Å²) < 4.78 is 16.4. The van der Waals surface area contributed by atoms with Gasteiger partial charge >= 0.3 is 11.9 Å². The molecule has 2 aliphatic rings. The minimum atomic E-state index is -1.07. The fraction of sp³-hybridized carbons (Fsp3) is 0.414. The molecule has 3 atom stereocenters. The average molecular weight is 524 g/mol. The van der Waals surface area contributed by atoms with Crippen molar-refractivity contribution >= 4 is 29.1 Å². The molecule has 4 rings (SSSR count). The second-order valence-corrected chi connectivity index (χ2v) is 10.7. The van der Waals surface area contributed by atoms with Crippen LogP contribution in [0.2, 0.25) is 0 Å². The van der Waals surface area contributed by atoms with Crippen LogP contribution in [-0.2, 0) is 23.9 Å². The van der Waals surface area contributed by atoms with Gasteiger partial charge in [0, 0.05) is 38.6 Å². The smallest absolute Gasteiger partial charge is 0.336 e. The van der Waals surface area contributed by atoms with E-state index in [0.29, 0.717) is 34.7 Å². The van der Waals surface area contributed by atoms with Crippen molar-refractivity contribution in [3.05, 3.63) is 73.8 Å². The zero-order valence-electron chi connectivity index (χ0n) is 22.1. The van der Waals surface area contributed by atoms with E-state index in [1.165, 1.54) is 0 Å². The molecule has 1 aliphatic carbocycles. The Labute approximate surface area is 221 Å². The molecule has 2 heterocycles. The van der Waals surface area contributed by atoms with Crippen molar-refractivity contribution in [2.75, 3.05) is 20.3 Å². The molecule has 7 nitrogen and oxygen atoms in total. The van der Waals surface area contributed by atoms with Crippen molar-refractivity contribution < 1.29 is 28.6 Å². The Bertz CT molecular complexity index is 1300. The number of carbonyl (C=O) groups is 3. The lowest BCUT2D eigenvalue weighted by atomic mass is 9.67. The fourth-order valence-electron chi connectivity index (χ4n) is 5.53. The summed E-state index contributed by atoms with van der Waals surface area (Å²) in [5.41, 5.74) is 3.83. The average Bonchev–Trinajstić information content (AvgIpc) is 3.20. The third-order valence-electron chi connectivity index (χ3n) is 6.98. The molecule has 0 bridgehead atoms. The van der Waals surface area contributed by atoms with Gasteiger partial charge in [0.15, 0.2) is 5.78 Å². The number of ether oxygens (including phenoxy) is 3. The van der Waals surface area contributed by atoms with E-state index in [1.54, 1.807) is 32.3 Å². The highest BCUT2D eigenvalue weighted by Crippen LogP contribution is 2.50. The maximum atomic E-state index is 14.4. The van der Waals surface area contributed by atoms with E-state index in [-0.39, 0.29) is 19.0 Å². The quantitative estimate of drug-likeness (QED) is 0.399. The molecule has 0 radical (unpaired) electrons. The van der Waals surface area contributed by atoms with Crippen LogP contribution < -0.4 is 10.1 Å². The lowest BCUT2D eigenvalue weighted by molar-refractivity contribution is -0.152. The van der Waals surface area contributed by atoms with Crippen LogP contribution in [0.5, 0.6) is 5.75 Å². The second kappa shape index (κ2) is 10.9. The van der Waals surface area contributed by atoms with Crippen LogP contribution >= 0.6 is 11.3 Å². The Morgan fingerprint density at radius 2 is 1.76 bits per heavy atom. The minimum absolute atomic E-state index is 0.158. The number of esters is 2. The van der Waals surface area contributed by atoms with E-state index in [0.717, 1.165) is 20.9 Å². The molecule has 0 saturated heterocycles. The van der Waals surface area contributed by atoms with Gasteiger partial charge < -0.3 is 19.5 Å². The molecular weight excluding hydrogens is 490 g/mol. The number of hydrogen-bond acceptors (Lipinski definition) is 8. The largest absolute Gasteiger partial charge is 0.496 e. The van der Waals surface area contributed by atoms with Crippen molar-refractivity contribution in [3.8, 4) is 5.75 Å². The molecule has 0 amide bonds. The lowest BCUT2D eigenvalue weighted by Gasteiger charge is -2.39. The lowest BCUT2D eigenvalue weighted by Crippen LogP contribution is -2.43. The van der Waals surface area contributed by atoms with Crippen LogP contribution in [0.4, 0.5) is 0 Å². The SMILES string of the molecule is CCOC(=O)C1=C(C)NC2=C(C(=O)[C@H](C(=O)OCC)[C@H](c3ccccc3OC)C2)[C@H]1c1cc(C)sc1C. The normalized spacial score (nSPS) is 21.4. The van der Waals surface area contributed by atoms with Crippen molar-refractivity contribution in [1.29, 1.82) is 0 Å². The van der Waals surface area contributed by atoms with Gasteiger partial charge in [0.1, 0.15) is 11.7 Å². The molecule has 2 aromatic rings. The van der Waals surface area contributed by atoms with Gasteiger partial charge in [-0.3, -0.25) is 9.59 Å². The summed E-state index contributed by atoms with van der Waals surface area (Å²) in [6.45, 7) is 9.67. The summed E-state index contributed by atoms with van der Waals surface area (Å²) in [6.07, 6.45) is 0.386. The standard InChI is InChI=1S/C29H33NO6S/c1-7-35-28(32)23-16(4)30-21-14-20(18-11-9-10-12-22(18)34-6)25(29(33)36-8-2)27(31)26(21)24(23)19-13-15(3)37-17(19)5/h9-13,20,24-25,30H,7-8,14H2,1-6H3/t20-,24-,25+/m0/s1. The molecule has 0 spiro atoms. The Kier molecular flexibility index (Phi) is 7.87. The number of hydrogen-bond donors (Lipinski definition) is 1. The molecule has 0 saturated carbocycles. The maximum absolute atomic E-state index is 14.4. The Balaban J connectivity index is 1.93. The van der Waals surface area contributed by atoms with Crippen LogP contribution in [0.15, 0.2) is 52.9 Å². The molecule has 1 N–H and O–H groups in total. The molecule has 0 unspecified atom stereocenters. The molecule has 1 aromatic carbocycles. The molecule has 1 aliphatic heterocycles. The minimum Gasteiger partial charge on any atom is -0.496 e. The Morgan fingerprint density at radius 3 is 2.38 bits per heavy atom. The van der Waals surface area contributed by atoms with E-state index in [9.17, 15) is 14.4 Å². The Hall–Kier alpha value is -3.39. The van der Waals surface area contributed by atoms with Gasteiger partial charge in [-0.05, 0) is 64.3 Å². The number of allylic oxidation sites excluding steroid dienone is 3. The first-order valence-electron chi connectivity index (χ1n) is 12.5. The third-order valence-corrected chi connectivity index (χ3v) is 7.97. The predicted molar refractivity (Wildman–Crippen MR) is 142 cm³/mol. The number of methoxy groups -OCH3 is 1. The number of benzene rings is 1. The first-order chi connectivity index (χ1) is 17.7. The van der Waals surface area contributed by atoms with Gasteiger partial charge in [0.25, 0.3) is 0 Å². The first kappa shape index (κ1) is 26.7. The van der Waals surface area contributed by atoms with Crippen molar-refractivity contribution in [1.82, 2.24) is 5.32 Å². The van der Waals surface area contributed by atoms with Crippen LogP contribution in [0.25, 0.3) is 0 Å². The molecule has 37 heavy (non-hydrogen) atoms. The number of thiophene rings is 1. The number of dihydropyridines is 1. The van der Waals surface area contributed by atoms with Crippen LogP contribution in [-0.4, -0.2) is 38.0 Å². The summed E-state index contributed by atoms with van der Waals surface area (Å²) in [5.74, 6) is -2.97. The summed E-state index contributed by atoms with van der Waals surface area (Å²) in [6, 6.07) is 9.45. The van der Waals surface area contributed by atoms with Crippen LogP contribution in [0.1, 0.15) is 59.9 Å². The predicted octanol–water partition coefficient (Wildman–Crippen LogP) is 5.09. The van der Waals surface area contributed by atoms with Crippen LogP contribution in [0.3, 0.4) is 0 Å². The van der Waals surface area contributed by atoms with Crippen molar-refractivity contribution in [2.45, 2.75) is 52.9 Å². The zero-order valence-corrected chi connectivity index (χ0v) is 22.9. The topological polar surface area (TPSA) is 90.9 Å². The highest BCUT2D eigenvalue weighted by Gasteiger charge is 2.50. The van der Waals surface area contributed by atoms with E-state index >= 15 is 0 Å². The highest BCUT2D eigenvalue weighted by molar-refractivity contribution is 7.12. The van der Waals surface area contributed by atoms with Gasteiger partial charge in [-0.1, -0.05) is 18.2 Å². The van der Waals surface area contributed by atoms with E-state index in [2.05, 4.69) is 5.32 Å². The fourth-order valence-corrected chi connectivity index (χ4v) is 6.49. The number of aryl methyl sites for hydroxylation is 2. The second-order valence-electron chi connectivity index (χ2n) is 9.22. The summed E-state index contributed by atoms with van der Waals surface area (Å²) in [5, 5.41) is 3.34. The summed E-state index contributed by atoms with van der Waals surface area (Å²) in [7, 11) is 1.57. The van der Waals surface area contributed by atoms with Crippen molar-refractivity contribution in [2.24, 2.45) is 5.92 Å². The third kappa shape index (κ3) is 4.82. The summed E-state index contributed by atoms with van der Waals surface area (Å²) in [4.78, 5) is 43.0. The molecule has 196 valence electrons. The monoisotopic (exact) mass is 523 g/mol. The maximum Gasteiger partial charge on any atom is 0.336 e. The van der Waals surface area contributed by atoms with E-state index in [4.69, 9.17) is 14.2 Å². The molecule has 0 fully saturated rings. The molecular formula is C29H33NO6S. The van der Waals surface area contributed by atoms with Gasteiger partial charge in [0.05, 0.1) is 25.9 Å². The number of rotatable bonds is 7. The highest BCUT2D eigenvalue weighted by atomic mass is 32.1. The summed E-state index contributed by atoms with van der Waals surface area (Å²) >= 11 is 1.61. The van der Waals surface area contributed by atoms with Crippen molar-refractivity contribution in [3.63, 3.8) is 0 Å². The van der Waals surface area contributed by atoms with E-state index in [1.807, 2.05) is 51.1 Å². The molecule has 1 aromatic heterocycles. The molecule has 8 heteroatoms. The number of para-hydroxylation sites is 1. The number of carbonyl (C=O) groups excluding carboxylic acids is 3. The number of ketones is 1. The van der Waals surface area contributed by atoms with E-state index < -0.39 is 29.7 Å². The number of Topliss-reactive ketones (excluding diaryl/α,β-unsaturated/α-hetero) is 1.